The van der Waals surface area contributed by atoms with Crippen LogP contribution in [-0.2, 0) is 11.2 Å². The second-order valence-electron chi connectivity index (χ2n) is 7.61. The fourth-order valence-electron chi connectivity index (χ4n) is 3.92. The Balaban J connectivity index is 1.60. The minimum absolute atomic E-state index is 0.00930. The molecule has 1 unspecified atom stereocenters. The number of amides is 1. The highest BCUT2D eigenvalue weighted by molar-refractivity contribution is 6.36. The number of rotatable bonds is 4. The van der Waals surface area contributed by atoms with E-state index in [4.69, 9.17) is 58.0 Å². The molecule has 166 valence electrons. The summed E-state index contributed by atoms with van der Waals surface area (Å²) in [7, 11) is 0. The van der Waals surface area contributed by atoms with Crippen LogP contribution < -0.4 is 4.90 Å². The van der Waals surface area contributed by atoms with E-state index in [1.165, 1.54) is 0 Å². The van der Waals surface area contributed by atoms with Crippen LogP contribution in [0.2, 0.25) is 25.1 Å². The lowest BCUT2D eigenvalue weighted by atomic mass is 10.0. The summed E-state index contributed by atoms with van der Waals surface area (Å²) in [5, 5.41) is 2.85. The van der Waals surface area contributed by atoms with Crippen molar-refractivity contribution in [2.45, 2.75) is 12.5 Å². The van der Waals surface area contributed by atoms with Crippen molar-refractivity contribution in [2.24, 2.45) is 0 Å². The third-order valence-corrected chi connectivity index (χ3v) is 6.94. The molecule has 0 radical (unpaired) electrons. The van der Waals surface area contributed by atoms with Crippen molar-refractivity contribution in [1.29, 1.82) is 0 Å². The van der Waals surface area contributed by atoms with Crippen LogP contribution in [0.4, 0.5) is 5.69 Å². The number of anilines is 1. The molecular weight excluding hydrogens is 510 g/mol. The summed E-state index contributed by atoms with van der Waals surface area (Å²) in [6, 6.07) is 18.2. The van der Waals surface area contributed by atoms with E-state index < -0.39 is 0 Å². The Kier molecular flexibility index (Phi) is 7.44. The van der Waals surface area contributed by atoms with Gasteiger partial charge in [0.1, 0.15) is 0 Å². The monoisotopic (exact) mass is 526 g/mol. The van der Waals surface area contributed by atoms with Gasteiger partial charge in [0.25, 0.3) is 0 Å². The molecule has 0 aromatic heterocycles. The van der Waals surface area contributed by atoms with E-state index in [9.17, 15) is 4.79 Å². The molecule has 1 aliphatic rings. The Morgan fingerprint density at radius 3 is 2.06 bits per heavy atom. The van der Waals surface area contributed by atoms with E-state index in [1.807, 2.05) is 41.3 Å². The predicted octanol–water partition coefficient (Wildman–Crippen LogP) is 7.59. The average Bonchev–Trinajstić information content (AvgIpc) is 2.76. The van der Waals surface area contributed by atoms with E-state index in [2.05, 4.69) is 4.90 Å². The summed E-state index contributed by atoms with van der Waals surface area (Å²) >= 11 is 31.0. The lowest BCUT2D eigenvalue weighted by molar-refractivity contribution is -0.131. The van der Waals surface area contributed by atoms with Crippen LogP contribution in [0.3, 0.4) is 0 Å². The van der Waals surface area contributed by atoms with E-state index in [-0.39, 0.29) is 18.4 Å². The number of nitrogens with zero attached hydrogens (tertiary/aromatic N) is 2. The minimum atomic E-state index is -0.0932. The summed E-state index contributed by atoms with van der Waals surface area (Å²) in [6.45, 7) is 1.69. The molecule has 3 aromatic carbocycles. The first-order valence-electron chi connectivity index (χ1n) is 10.0. The molecule has 4 rings (SSSR count). The number of hydrogen-bond donors (Lipinski definition) is 0. The molecule has 8 heteroatoms. The molecule has 0 bridgehead atoms. The molecule has 1 amide bonds. The van der Waals surface area contributed by atoms with Gasteiger partial charge in [-0.15, -0.1) is 0 Å². The van der Waals surface area contributed by atoms with Crippen LogP contribution in [0.25, 0.3) is 0 Å². The van der Waals surface area contributed by atoms with Crippen molar-refractivity contribution in [3.8, 4) is 0 Å². The smallest absolute Gasteiger partial charge is 0.227 e. The molecule has 0 N–H and O–H groups in total. The minimum Gasteiger partial charge on any atom is -0.360 e. The molecule has 0 saturated carbocycles. The van der Waals surface area contributed by atoms with Crippen LogP contribution >= 0.6 is 58.0 Å². The van der Waals surface area contributed by atoms with Gasteiger partial charge in [0.2, 0.25) is 5.91 Å². The lowest BCUT2D eigenvalue weighted by Crippen LogP contribution is -2.51. The second kappa shape index (κ2) is 10.1. The molecule has 1 heterocycles. The van der Waals surface area contributed by atoms with Crippen LogP contribution in [0, 0.1) is 0 Å². The maximum absolute atomic E-state index is 13.1. The summed E-state index contributed by atoms with van der Waals surface area (Å²) in [5.74, 6) is 0.00930. The fraction of sp³-hybridized carbons (Fsp3) is 0.208. The van der Waals surface area contributed by atoms with Crippen molar-refractivity contribution >= 4 is 69.6 Å². The number of benzene rings is 3. The van der Waals surface area contributed by atoms with E-state index >= 15 is 0 Å². The predicted molar refractivity (Wildman–Crippen MR) is 135 cm³/mol. The molecule has 3 aromatic rings. The zero-order valence-electron chi connectivity index (χ0n) is 16.9. The quantitative estimate of drug-likeness (QED) is 0.348. The molecule has 1 saturated heterocycles. The fourth-order valence-corrected chi connectivity index (χ4v) is 5.04. The molecule has 1 fully saturated rings. The largest absolute Gasteiger partial charge is 0.360 e. The van der Waals surface area contributed by atoms with Gasteiger partial charge >= 0.3 is 0 Å². The van der Waals surface area contributed by atoms with E-state index in [0.29, 0.717) is 44.7 Å². The first kappa shape index (κ1) is 23.5. The van der Waals surface area contributed by atoms with Crippen molar-refractivity contribution in [3.05, 3.63) is 96.9 Å². The van der Waals surface area contributed by atoms with Gasteiger partial charge in [0.15, 0.2) is 0 Å². The number of carbonyl (C=O) groups excluding carboxylic acids is 1. The highest BCUT2D eigenvalue weighted by Gasteiger charge is 2.32. The lowest BCUT2D eigenvalue weighted by Gasteiger charge is -2.43. The number of halogens is 5. The molecule has 0 spiro atoms. The summed E-state index contributed by atoms with van der Waals surface area (Å²) in [6.07, 6.45) is 0.213. The van der Waals surface area contributed by atoms with Gasteiger partial charge in [-0.25, -0.2) is 0 Å². The summed E-state index contributed by atoms with van der Waals surface area (Å²) < 4.78 is 0. The Morgan fingerprint density at radius 1 is 0.781 bits per heavy atom. The van der Waals surface area contributed by atoms with Gasteiger partial charge < -0.3 is 9.80 Å². The van der Waals surface area contributed by atoms with Crippen molar-refractivity contribution in [2.75, 3.05) is 24.5 Å². The maximum Gasteiger partial charge on any atom is 0.227 e. The molecule has 1 aliphatic heterocycles. The molecule has 0 aliphatic carbocycles. The number of carbonyl (C=O) groups is 1. The van der Waals surface area contributed by atoms with Crippen molar-refractivity contribution in [1.82, 2.24) is 4.90 Å². The Bertz CT molecular complexity index is 1140. The van der Waals surface area contributed by atoms with Crippen molar-refractivity contribution < 1.29 is 4.79 Å². The SMILES string of the molecule is O=C(Cc1ccc(Cl)cc1Cl)N1CCN(c2ccc(Cl)cc2Cl)C(c2ccc(Cl)cc2)C1. The molecule has 3 nitrogen and oxygen atoms in total. The maximum atomic E-state index is 13.1. The third kappa shape index (κ3) is 5.30. The first-order chi connectivity index (χ1) is 15.3. The van der Waals surface area contributed by atoms with Gasteiger partial charge in [0.05, 0.1) is 23.2 Å². The van der Waals surface area contributed by atoms with E-state index in [0.717, 1.165) is 16.8 Å². The Hall–Kier alpha value is -1.62. The highest BCUT2D eigenvalue weighted by atomic mass is 35.5. The summed E-state index contributed by atoms with van der Waals surface area (Å²) in [5.41, 5.74) is 2.68. The zero-order valence-corrected chi connectivity index (χ0v) is 20.7. The standard InChI is InChI=1S/C24H19Cl5N2O/c25-17-4-1-15(2-5-17)23-14-30(24(32)11-16-3-6-18(26)12-20(16)28)9-10-31(23)22-8-7-19(27)13-21(22)29/h1-8,12-13,23H,9-11,14H2. The van der Waals surface area contributed by atoms with Gasteiger partial charge in [-0.1, -0.05) is 76.2 Å². The normalized spacial score (nSPS) is 16.3. The number of piperazine rings is 1. The van der Waals surface area contributed by atoms with Crippen LogP contribution in [0.15, 0.2) is 60.7 Å². The molecular formula is C24H19Cl5N2O. The van der Waals surface area contributed by atoms with E-state index in [1.54, 1.807) is 24.3 Å². The molecule has 32 heavy (non-hydrogen) atoms. The first-order valence-corrected chi connectivity index (χ1v) is 11.9. The third-order valence-electron chi connectivity index (χ3n) is 5.56. The zero-order chi connectivity index (χ0) is 22.8. The van der Waals surface area contributed by atoms with Crippen LogP contribution in [0.1, 0.15) is 17.2 Å². The molecule has 1 atom stereocenters. The average molecular weight is 529 g/mol. The highest BCUT2D eigenvalue weighted by Crippen LogP contribution is 2.37. The van der Waals surface area contributed by atoms with Gasteiger partial charge in [-0.05, 0) is 53.6 Å². The van der Waals surface area contributed by atoms with Gasteiger partial charge in [0, 0.05) is 39.7 Å². The van der Waals surface area contributed by atoms with Gasteiger partial charge in [-0.2, -0.15) is 0 Å². The Labute approximate surface area is 212 Å². The Morgan fingerprint density at radius 2 is 1.41 bits per heavy atom. The van der Waals surface area contributed by atoms with Gasteiger partial charge in [-0.3, -0.25) is 4.79 Å². The topological polar surface area (TPSA) is 23.6 Å². The van der Waals surface area contributed by atoms with Crippen molar-refractivity contribution in [3.63, 3.8) is 0 Å². The summed E-state index contributed by atoms with van der Waals surface area (Å²) in [4.78, 5) is 17.2. The van der Waals surface area contributed by atoms with Crippen LogP contribution in [0.5, 0.6) is 0 Å². The van der Waals surface area contributed by atoms with Crippen LogP contribution in [-0.4, -0.2) is 30.4 Å². The number of hydrogen-bond acceptors (Lipinski definition) is 2. The second-order valence-corrected chi connectivity index (χ2v) is 9.73.